The zero-order chi connectivity index (χ0) is 34.0. The fourth-order valence-electron chi connectivity index (χ4n) is 9.08. The molecule has 0 fully saturated rings. The van der Waals surface area contributed by atoms with Crippen LogP contribution in [0.1, 0.15) is 22.3 Å². The van der Waals surface area contributed by atoms with E-state index in [9.17, 15) is 0 Å². The Morgan fingerprint density at radius 2 is 0.885 bits per heavy atom. The van der Waals surface area contributed by atoms with Crippen LogP contribution in [0.5, 0.6) is 11.5 Å². The van der Waals surface area contributed by atoms with Gasteiger partial charge in [-0.2, -0.15) is 0 Å². The third kappa shape index (κ3) is 3.73. The molecular weight excluding hydrogens is 653 g/mol. The van der Waals surface area contributed by atoms with E-state index in [0.717, 1.165) is 44.6 Å². The molecule has 12 rings (SSSR count). The Morgan fingerprint density at radius 3 is 1.62 bits per heavy atom. The molecule has 2 aliphatic rings. The van der Waals surface area contributed by atoms with Crippen molar-refractivity contribution < 1.29 is 9.15 Å². The number of thiophene rings is 1. The minimum Gasteiger partial charge on any atom is -0.457 e. The van der Waals surface area contributed by atoms with Gasteiger partial charge in [-0.05, 0) is 87.0 Å². The molecule has 1 aliphatic carbocycles. The van der Waals surface area contributed by atoms with Gasteiger partial charge in [0.15, 0.2) is 0 Å². The fraction of sp³-hybridized carbons (Fsp3) is 0.0204. The van der Waals surface area contributed by atoms with Crippen LogP contribution in [0.25, 0.3) is 75.5 Å². The summed E-state index contributed by atoms with van der Waals surface area (Å²) in [5.74, 6) is 1.82. The first-order chi connectivity index (χ1) is 25.7. The molecule has 52 heavy (non-hydrogen) atoms. The molecule has 3 heterocycles. The predicted octanol–water partition coefficient (Wildman–Crippen LogP) is 13.8. The van der Waals surface area contributed by atoms with Crippen LogP contribution in [0.2, 0.25) is 0 Å². The van der Waals surface area contributed by atoms with Gasteiger partial charge in [-0.25, -0.2) is 0 Å². The van der Waals surface area contributed by atoms with E-state index in [-0.39, 0.29) is 0 Å². The highest BCUT2D eigenvalue weighted by Crippen LogP contribution is 2.62. The summed E-state index contributed by atoms with van der Waals surface area (Å²) in [6.45, 7) is 0. The van der Waals surface area contributed by atoms with Gasteiger partial charge in [0.05, 0.1) is 5.41 Å². The summed E-state index contributed by atoms with van der Waals surface area (Å²) in [7, 11) is 0. The standard InChI is InChI=1S/C49H28O2S/c1-4-12-39-33(9-1)34-10-2-5-13-40(34)49(39)41-14-6-8-16-44(41)51-46-26-30(20-24-42(46)49)32-19-23-38-37-22-18-31(27-47(37)52-48(38)28-32)29-17-21-36-35-11-3-7-15-43(35)50-45(36)25-29/h1-28H. The van der Waals surface area contributed by atoms with Crippen LogP contribution in [-0.4, -0.2) is 0 Å². The maximum atomic E-state index is 6.79. The van der Waals surface area contributed by atoms with Crippen LogP contribution in [0.4, 0.5) is 0 Å². The molecule has 8 aromatic carbocycles. The number of benzene rings is 8. The average Bonchev–Trinajstić information content (AvgIpc) is 3.85. The van der Waals surface area contributed by atoms with E-state index >= 15 is 0 Å². The molecule has 10 aromatic rings. The molecule has 0 saturated carbocycles. The van der Waals surface area contributed by atoms with Crippen LogP contribution >= 0.6 is 11.3 Å². The Labute approximate surface area is 303 Å². The van der Waals surface area contributed by atoms with Crippen molar-refractivity contribution in [3.8, 4) is 44.9 Å². The highest BCUT2D eigenvalue weighted by molar-refractivity contribution is 7.25. The van der Waals surface area contributed by atoms with Gasteiger partial charge in [-0.3, -0.25) is 0 Å². The maximum Gasteiger partial charge on any atom is 0.136 e. The van der Waals surface area contributed by atoms with Gasteiger partial charge in [0.1, 0.15) is 22.7 Å². The molecule has 0 amide bonds. The number of rotatable bonds is 2. The largest absolute Gasteiger partial charge is 0.457 e. The second-order valence-electron chi connectivity index (χ2n) is 14.0. The maximum absolute atomic E-state index is 6.79. The molecule has 0 unspecified atom stereocenters. The van der Waals surface area contributed by atoms with Gasteiger partial charge in [-0.1, -0.05) is 127 Å². The SMILES string of the molecule is c1ccc2c(c1)Oc1cc(-c3ccc4c(c3)sc3cc(-c5ccc6c(c5)oc5ccccc56)ccc34)ccc1C21c2ccccc2-c2ccccc21. The Bertz CT molecular complexity index is 3080. The number of furan rings is 1. The molecule has 2 nitrogen and oxygen atoms in total. The molecular formula is C49H28O2S. The Hall–Kier alpha value is -6.42. The zero-order valence-corrected chi connectivity index (χ0v) is 28.7. The second-order valence-corrected chi connectivity index (χ2v) is 15.1. The lowest BCUT2D eigenvalue weighted by atomic mass is 9.66. The third-order valence-electron chi connectivity index (χ3n) is 11.4. The van der Waals surface area contributed by atoms with Gasteiger partial charge >= 0.3 is 0 Å². The van der Waals surface area contributed by atoms with E-state index in [4.69, 9.17) is 9.15 Å². The average molecular weight is 681 g/mol. The van der Waals surface area contributed by atoms with E-state index in [1.807, 2.05) is 23.5 Å². The van der Waals surface area contributed by atoms with E-state index in [0.29, 0.717) is 0 Å². The Morgan fingerprint density at radius 1 is 0.365 bits per heavy atom. The van der Waals surface area contributed by atoms with Crippen LogP contribution in [-0.2, 0) is 5.41 Å². The van der Waals surface area contributed by atoms with Crippen LogP contribution in [0, 0.1) is 0 Å². The summed E-state index contributed by atoms with van der Waals surface area (Å²) in [5.41, 5.74) is 13.7. The highest BCUT2D eigenvalue weighted by Gasteiger charge is 2.50. The fourth-order valence-corrected chi connectivity index (χ4v) is 10.3. The predicted molar refractivity (Wildman–Crippen MR) is 215 cm³/mol. The quantitative estimate of drug-likeness (QED) is 0.181. The first kappa shape index (κ1) is 28.3. The monoisotopic (exact) mass is 680 g/mol. The van der Waals surface area contributed by atoms with Gasteiger partial charge in [0, 0.05) is 42.1 Å². The molecule has 0 N–H and O–H groups in total. The van der Waals surface area contributed by atoms with Crippen molar-refractivity contribution in [1.29, 1.82) is 0 Å². The molecule has 3 heteroatoms. The number of hydrogen-bond donors (Lipinski definition) is 0. The molecule has 0 atom stereocenters. The van der Waals surface area contributed by atoms with Crippen molar-refractivity contribution in [3.63, 3.8) is 0 Å². The van der Waals surface area contributed by atoms with Crippen LogP contribution in [0.3, 0.4) is 0 Å². The van der Waals surface area contributed by atoms with Gasteiger partial charge in [0.2, 0.25) is 0 Å². The number of hydrogen-bond acceptors (Lipinski definition) is 3. The summed E-state index contributed by atoms with van der Waals surface area (Å²) >= 11 is 1.85. The van der Waals surface area contributed by atoms with Crippen molar-refractivity contribution in [1.82, 2.24) is 0 Å². The van der Waals surface area contributed by atoms with Gasteiger partial charge in [0.25, 0.3) is 0 Å². The van der Waals surface area contributed by atoms with Crippen molar-refractivity contribution in [2.24, 2.45) is 0 Å². The normalized spacial score (nSPS) is 13.7. The molecule has 1 aliphatic heterocycles. The van der Waals surface area contributed by atoms with Crippen LogP contribution in [0.15, 0.2) is 174 Å². The lowest BCUT2D eigenvalue weighted by Crippen LogP contribution is -2.32. The minimum absolute atomic E-state index is 0.446. The van der Waals surface area contributed by atoms with Crippen LogP contribution < -0.4 is 4.74 Å². The lowest BCUT2D eigenvalue weighted by Gasteiger charge is -2.39. The van der Waals surface area contributed by atoms with E-state index in [1.165, 1.54) is 64.7 Å². The number of fused-ring (bicyclic) bond motifs is 15. The summed E-state index contributed by atoms with van der Waals surface area (Å²) in [6.07, 6.45) is 0. The molecule has 0 saturated heterocycles. The molecule has 0 bridgehead atoms. The van der Waals surface area contributed by atoms with Gasteiger partial charge < -0.3 is 9.15 Å². The van der Waals surface area contributed by atoms with Crippen molar-refractivity contribution in [2.45, 2.75) is 5.41 Å². The van der Waals surface area contributed by atoms with Crippen molar-refractivity contribution in [3.05, 3.63) is 192 Å². The van der Waals surface area contributed by atoms with Gasteiger partial charge in [-0.15, -0.1) is 11.3 Å². The van der Waals surface area contributed by atoms with E-state index in [2.05, 4.69) is 158 Å². The Kier molecular flexibility index (Phi) is 5.62. The first-order valence-corrected chi connectivity index (χ1v) is 18.6. The number of ether oxygens (including phenoxy) is 1. The first-order valence-electron chi connectivity index (χ1n) is 17.7. The molecule has 1 spiro atoms. The topological polar surface area (TPSA) is 22.4 Å². The third-order valence-corrected chi connectivity index (χ3v) is 12.5. The zero-order valence-electron chi connectivity index (χ0n) is 27.9. The number of para-hydroxylation sites is 2. The van der Waals surface area contributed by atoms with Crippen molar-refractivity contribution >= 4 is 53.4 Å². The molecule has 0 radical (unpaired) electrons. The minimum atomic E-state index is -0.446. The summed E-state index contributed by atoms with van der Waals surface area (Å²) in [6, 6.07) is 61.7. The lowest BCUT2D eigenvalue weighted by molar-refractivity contribution is 0.436. The van der Waals surface area contributed by atoms with Crippen molar-refractivity contribution in [2.75, 3.05) is 0 Å². The molecule has 2 aromatic heterocycles. The smallest absolute Gasteiger partial charge is 0.136 e. The molecule has 242 valence electrons. The highest BCUT2D eigenvalue weighted by atomic mass is 32.1. The summed E-state index contributed by atoms with van der Waals surface area (Å²) in [5, 5.41) is 4.87. The summed E-state index contributed by atoms with van der Waals surface area (Å²) in [4.78, 5) is 0. The second kappa shape index (κ2) is 10.3. The van der Waals surface area contributed by atoms with E-state index in [1.54, 1.807) is 0 Å². The van der Waals surface area contributed by atoms with E-state index < -0.39 is 5.41 Å². The summed E-state index contributed by atoms with van der Waals surface area (Å²) < 4.78 is 15.5. The Balaban J connectivity index is 0.971.